The number of piperidine rings is 1. The number of carbonyl (C=O) groups is 2. The number of carboxylic acid groups (broad SMARTS) is 1. The van der Waals surface area contributed by atoms with Gasteiger partial charge in [0.2, 0.25) is 5.91 Å². The minimum Gasteiger partial charge on any atom is -0.481 e. The summed E-state index contributed by atoms with van der Waals surface area (Å²) < 4.78 is 0. The molecular weight excluding hydrogens is 447 g/mol. The van der Waals surface area contributed by atoms with Gasteiger partial charge < -0.3 is 15.3 Å². The first-order valence-electron chi connectivity index (χ1n) is 11.0. The van der Waals surface area contributed by atoms with Crippen molar-refractivity contribution in [3.05, 3.63) is 69.7 Å². The fraction of sp³-hybridized carbons (Fsp3) is 0.440. The quantitative estimate of drug-likeness (QED) is 0.601. The van der Waals surface area contributed by atoms with Crippen LogP contribution in [0.4, 0.5) is 0 Å². The van der Waals surface area contributed by atoms with Gasteiger partial charge in [-0.1, -0.05) is 59.6 Å². The SMILES string of the molecule is CC(=O)NC1(c2ccccc2)CCN(CCC2CC2(C(=O)O)c2ccc(Cl)c(Cl)c2)CC1. The maximum absolute atomic E-state index is 12.2. The molecule has 2 aromatic rings. The highest BCUT2D eigenvalue weighted by Crippen LogP contribution is 2.57. The lowest BCUT2D eigenvalue weighted by molar-refractivity contribution is -0.140. The summed E-state index contributed by atoms with van der Waals surface area (Å²) in [4.78, 5) is 26.4. The normalized spacial score (nSPS) is 24.7. The number of carboxylic acids is 1. The third kappa shape index (κ3) is 4.39. The minimum atomic E-state index is -0.867. The maximum Gasteiger partial charge on any atom is 0.314 e. The van der Waals surface area contributed by atoms with E-state index in [9.17, 15) is 14.7 Å². The Morgan fingerprint density at radius 1 is 1.06 bits per heavy atom. The minimum absolute atomic E-state index is 0.0202. The topological polar surface area (TPSA) is 69.6 Å². The van der Waals surface area contributed by atoms with Crippen LogP contribution in [0.15, 0.2) is 48.5 Å². The molecular formula is C25H28Cl2N2O3. The van der Waals surface area contributed by atoms with Crippen LogP contribution in [0.5, 0.6) is 0 Å². The number of carbonyl (C=O) groups excluding carboxylic acids is 1. The van der Waals surface area contributed by atoms with Gasteiger partial charge in [-0.3, -0.25) is 9.59 Å². The molecule has 0 bridgehead atoms. The third-order valence-corrected chi connectivity index (χ3v) is 7.91. The molecule has 2 atom stereocenters. The lowest BCUT2D eigenvalue weighted by atomic mass is 9.80. The van der Waals surface area contributed by atoms with Crippen molar-refractivity contribution in [3.8, 4) is 0 Å². The Balaban J connectivity index is 1.39. The lowest BCUT2D eigenvalue weighted by Gasteiger charge is -2.42. The van der Waals surface area contributed by atoms with Crippen molar-refractivity contribution in [3.63, 3.8) is 0 Å². The Morgan fingerprint density at radius 3 is 2.34 bits per heavy atom. The summed E-state index contributed by atoms with van der Waals surface area (Å²) in [6.07, 6.45) is 3.09. The standard InChI is InChI=1S/C25H28Cl2N2O3/c1-17(30)28-24(18-5-3-2-4-6-18)10-13-29(14-11-24)12-9-20-16-25(20,23(31)32)19-7-8-21(26)22(27)15-19/h2-8,15,20H,9-14,16H2,1H3,(H,28,30)(H,31,32). The second-order valence-electron chi connectivity index (χ2n) is 9.07. The predicted molar refractivity (Wildman–Crippen MR) is 126 cm³/mol. The zero-order chi connectivity index (χ0) is 22.9. The van der Waals surface area contributed by atoms with Gasteiger partial charge in [-0.2, -0.15) is 0 Å². The Morgan fingerprint density at radius 2 is 1.75 bits per heavy atom. The van der Waals surface area contributed by atoms with Crippen LogP contribution in [0, 0.1) is 5.92 Å². The number of likely N-dealkylation sites (tertiary alicyclic amines) is 1. The van der Waals surface area contributed by atoms with Crippen LogP contribution in [0.25, 0.3) is 0 Å². The van der Waals surface area contributed by atoms with Gasteiger partial charge in [0, 0.05) is 20.0 Å². The summed E-state index contributed by atoms with van der Waals surface area (Å²) in [6, 6.07) is 15.3. The summed E-state index contributed by atoms with van der Waals surface area (Å²) >= 11 is 12.2. The average molecular weight is 475 g/mol. The summed E-state index contributed by atoms with van der Waals surface area (Å²) in [6.45, 7) is 4.12. The smallest absolute Gasteiger partial charge is 0.314 e. The van der Waals surface area contributed by atoms with Crippen molar-refractivity contribution in [2.24, 2.45) is 5.92 Å². The monoisotopic (exact) mass is 474 g/mol. The molecule has 32 heavy (non-hydrogen) atoms. The largest absolute Gasteiger partial charge is 0.481 e. The summed E-state index contributed by atoms with van der Waals surface area (Å²) in [5, 5.41) is 14.0. The first-order chi connectivity index (χ1) is 15.3. The van der Waals surface area contributed by atoms with E-state index in [-0.39, 0.29) is 17.4 Å². The highest BCUT2D eigenvalue weighted by atomic mass is 35.5. The molecule has 0 radical (unpaired) electrons. The van der Waals surface area contributed by atoms with E-state index in [1.54, 1.807) is 25.1 Å². The molecule has 1 amide bonds. The van der Waals surface area contributed by atoms with Crippen molar-refractivity contribution in [2.75, 3.05) is 19.6 Å². The molecule has 4 rings (SSSR count). The van der Waals surface area contributed by atoms with Gasteiger partial charge in [-0.25, -0.2) is 0 Å². The number of hydrogen-bond donors (Lipinski definition) is 2. The maximum atomic E-state index is 12.2. The number of aliphatic carboxylic acids is 1. The molecule has 1 heterocycles. The fourth-order valence-corrected chi connectivity index (χ4v) is 5.57. The van der Waals surface area contributed by atoms with Crippen molar-refractivity contribution in [1.82, 2.24) is 10.2 Å². The molecule has 1 aliphatic carbocycles. The summed E-state index contributed by atoms with van der Waals surface area (Å²) in [5.41, 5.74) is 0.667. The number of halogens is 2. The molecule has 7 heteroatoms. The van der Waals surface area contributed by atoms with Crippen molar-refractivity contribution < 1.29 is 14.7 Å². The number of rotatable bonds is 7. The molecule has 2 aromatic carbocycles. The van der Waals surface area contributed by atoms with Gasteiger partial charge in [0.05, 0.1) is 21.0 Å². The molecule has 5 nitrogen and oxygen atoms in total. The number of benzene rings is 2. The summed E-state index contributed by atoms with van der Waals surface area (Å²) in [7, 11) is 0. The van der Waals surface area contributed by atoms with E-state index in [0.29, 0.717) is 16.5 Å². The third-order valence-electron chi connectivity index (χ3n) is 7.17. The van der Waals surface area contributed by atoms with E-state index in [4.69, 9.17) is 23.2 Å². The molecule has 2 N–H and O–H groups in total. The van der Waals surface area contributed by atoms with E-state index >= 15 is 0 Å². The molecule has 0 spiro atoms. The Bertz CT molecular complexity index is 1010. The van der Waals surface area contributed by atoms with Gasteiger partial charge >= 0.3 is 5.97 Å². The first-order valence-corrected chi connectivity index (χ1v) is 11.8. The molecule has 170 valence electrons. The molecule has 0 aromatic heterocycles. The lowest BCUT2D eigenvalue weighted by Crippen LogP contribution is -2.52. The predicted octanol–water partition coefficient (Wildman–Crippen LogP) is 4.85. The molecule has 1 aliphatic heterocycles. The van der Waals surface area contributed by atoms with Crippen molar-refractivity contribution in [2.45, 2.75) is 43.6 Å². The van der Waals surface area contributed by atoms with Gasteiger partial charge in [0.25, 0.3) is 0 Å². The Labute approximate surface area is 198 Å². The number of nitrogens with zero attached hydrogens (tertiary/aromatic N) is 1. The van der Waals surface area contributed by atoms with Gasteiger partial charge in [-0.15, -0.1) is 0 Å². The molecule has 2 unspecified atom stereocenters. The van der Waals surface area contributed by atoms with Crippen LogP contribution in [0.3, 0.4) is 0 Å². The second kappa shape index (κ2) is 9.05. The molecule has 2 aliphatic rings. The molecule has 1 saturated carbocycles. The second-order valence-corrected chi connectivity index (χ2v) is 9.88. The van der Waals surface area contributed by atoms with Crippen LogP contribution >= 0.6 is 23.2 Å². The van der Waals surface area contributed by atoms with Crippen LogP contribution in [-0.4, -0.2) is 41.5 Å². The number of amides is 1. The Hall–Kier alpha value is -2.08. The van der Waals surface area contributed by atoms with E-state index in [1.807, 2.05) is 18.2 Å². The molecule has 2 fully saturated rings. The van der Waals surface area contributed by atoms with E-state index < -0.39 is 11.4 Å². The average Bonchev–Trinajstić information content (AvgIpc) is 3.51. The van der Waals surface area contributed by atoms with Crippen LogP contribution in [0.1, 0.15) is 43.7 Å². The van der Waals surface area contributed by atoms with Crippen LogP contribution in [-0.2, 0) is 20.5 Å². The van der Waals surface area contributed by atoms with E-state index in [2.05, 4.69) is 22.3 Å². The van der Waals surface area contributed by atoms with Gasteiger partial charge in [0.15, 0.2) is 0 Å². The van der Waals surface area contributed by atoms with E-state index in [0.717, 1.165) is 50.0 Å². The zero-order valence-electron chi connectivity index (χ0n) is 18.1. The van der Waals surface area contributed by atoms with Gasteiger partial charge in [0.1, 0.15) is 0 Å². The van der Waals surface area contributed by atoms with Gasteiger partial charge in [-0.05, 0) is 61.4 Å². The number of hydrogen-bond acceptors (Lipinski definition) is 3. The van der Waals surface area contributed by atoms with Crippen molar-refractivity contribution >= 4 is 35.1 Å². The first kappa shape index (κ1) is 23.1. The zero-order valence-corrected chi connectivity index (χ0v) is 19.6. The van der Waals surface area contributed by atoms with Crippen LogP contribution in [0.2, 0.25) is 10.0 Å². The highest BCUT2D eigenvalue weighted by molar-refractivity contribution is 6.42. The van der Waals surface area contributed by atoms with Crippen molar-refractivity contribution in [1.29, 1.82) is 0 Å². The highest BCUT2D eigenvalue weighted by Gasteiger charge is 2.61. The van der Waals surface area contributed by atoms with E-state index in [1.165, 1.54) is 0 Å². The fourth-order valence-electron chi connectivity index (χ4n) is 5.27. The Kier molecular flexibility index (Phi) is 6.53. The number of nitrogens with one attached hydrogen (secondary N) is 1. The molecule has 1 saturated heterocycles. The summed E-state index contributed by atoms with van der Waals surface area (Å²) in [5.74, 6) is -0.741. The van der Waals surface area contributed by atoms with Crippen LogP contribution < -0.4 is 5.32 Å².